The second kappa shape index (κ2) is 7.20. The van der Waals surface area contributed by atoms with Gasteiger partial charge in [0.05, 0.1) is 11.0 Å². The zero-order valence-electron chi connectivity index (χ0n) is 14.1. The predicted molar refractivity (Wildman–Crippen MR) is 98.0 cm³/mol. The van der Waals surface area contributed by atoms with Gasteiger partial charge in [-0.3, -0.25) is 9.59 Å². The number of hydrogen-bond donors (Lipinski definition) is 0. The fraction of sp³-hybridized carbons (Fsp3) is 0.353. The third kappa shape index (κ3) is 3.66. The molecule has 1 saturated heterocycles. The molecule has 0 spiro atoms. The van der Waals surface area contributed by atoms with Crippen LogP contribution in [-0.4, -0.2) is 47.8 Å². The molecule has 0 bridgehead atoms. The number of halogens is 1. The van der Waals surface area contributed by atoms with E-state index in [9.17, 15) is 18.0 Å². The van der Waals surface area contributed by atoms with Gasteiger partial charge in [-0.15, -0.1) is 0 Å². The second-order valence-corrected chi connectivity index (χ2v) is 8.85. The van der Waals surface area contributed by atoms with Gasteiger partial charge in [-0.25, -0.2) is 13.1 Å². The largest absolute Gasteiger partial charge is 0.336 e. The van der Waals surface area contributed by atoms with E-state index < -0.39 is 21.0 Å². The predicted octanol–water partition coefficient (Wildman–Crippen LogP) is 1.44. The number of hydrogen-bond acceptors (Lipinski definition) is 5. The molecule has 0 saturated carbocycles. The van der Waals surface area contributed by atoms with E-state index >= 15 is 0 Å². The van der Waals surface area contributed by atoms with E-state index in [0.29, 0.717) is 10.6 Å². The third-order valence-corrected chi connectivity index (χ3v) is 6.91. The molecule has 2 heterocycles. The van der Waals surface area contributed by atoms with E-state index in [2.05, 4.69) is 5.10 Å². The van der Waals surface area contributed by atoms with E-state index in [4.69, 9.17) is 11.6 Å². The molecule has 138 valence electrons. The fourth-order valence-corrected chi connectivity index (χ4v) is 5.16. The number of aryl methyl sites for hydroxylation is 1. The van der Waals surface area contributed by atoms with Crippen LogP contribution in [0.5, 0.6) is 0 Å². The maximum atomic E-state index is 12.7. The Morgan fingerprint density at radius 3 is 2.62 bits per heavy atom. The highest BCUT2D eigenvalue weighted by atomic mass is 35.5. The summed E-state index contributed by atoms with van der Waals surface area (Å²) in [6, 6.07) is 9.48. The summed E-state index contributed by atoms with van der Waals surface area (Å²) in [5, 5.41) is 3.60. The lowest BCUT2D eigenvalue weighted by molar-refractivity contribution is 0.0758. The first kappa shape index (κ1) is 18.6. The average molecular weight is 396 g/mol. The summed E-state index contributed by atoms with van der Waals surface area (Å²) in [4.78, 5) is 25.5. The molecule has 1 fully saturated rings. The van der Waals surface area contributed by atoms with Gasteiger partial charge >= 0.3 is 0 Å². The standard InChI is InChI=1S/C17H18ClN3O4S/c1-20-16(22)7-6-14(19-20)17(23)21-9-8-15(26(24,25)11-10-21)12-4-2-3-5-13(12)18/h2-7,15H,8-11H2,1H3/t15-/m1/s1. The third-order valence-electron chi connectivity index (χ3n) is 4.46. The van der Waals surface area contributed by atoms with Crippen LogP contribution in [0.2, 0.25) is 5.02 Å². The molecule has 1 aromatic carbocycles. The van der Waals surface area contributed by atoms with Crippen molar-refractivity contribution in [3.05, 3.63) is 63.0 Å². The van der Waals surface area contributed by atoms with Gasteiger partial charge in [0.1, 0.15) is 5.69 Å². The normalized spacial score (nSPS) is 19.8. The first-order chi connectivity index (χ1) is 12.3. The van der Waals surface area contributed by atoms with Crippen molar-refractivity contribution in [3.63, 3.8) is 0 Å². The molecular formula is C17H18ClN3O4S. The molecule has 1 aromatic heterocycles. The minimum absolute atomic E-state index is 0.0760. The second-order valence-electron chi connectivity index (χ2n) is 6.14. The van der Waals surface area contributed by atoms with E-state index in [1.807, 2.05) is 0 Å². The molecule has 3 rings (SSSR count). The number of benzene rings is 1. The van der Waals surface area contributed by atoms with Gasteiger partial charge in [-0.05, 0) is 24.1 Å². The van der Waals surface area contributed by atoms with E-state index in [-0.39, 0.29) is 36.5 Å². The summed E-state index contributed by atoms with van der Waals surface area (Å²) in [5.41, 5.74) is 0.350. The Hall–Kier alpha value is -2.19. The van der Waals surface area contributed by atoms with Crippen LogP contribution in [0.1, 0.15) is 27.7 Å². The van der Waals surface area contributed by atoms with E-state index in [0.717, 1.165) is 4.68 Å². The molecular weight excluding hydrogens is 378 g/mol. The Labute approximate surface area is 156 Å². The lowest BCUT2D eigenvalue weighted by Crippen LogP contribution is -2.35. The average Bonchev–Trinajstić information content (AvgIpc) is 2.75. The van der Waals surface area contributed by atoms with Crippen molar-refractivity contribution < 1.29 is 13.2 Å². The van der Waals surface area contributed by atoms with Crippen molar-refractivity contribution in [2.24, 2.45) is 7.05 Å². The zero-order valence-corrected chi connectivity index (χ0v) is 15.7. The molecule has 2 aromatic rings. The first-order valence-corrected chi connectivity index (χ1v) is 10.2. The quantitative estimate of drug-likeness (QED) is 0.767. The summed E-state index contributed by atoms with van der Waals surface area (Å²) < 4.78 is 26.5. The molecule has 1 aliphatic rings. The Kier molecular flexibility index (Phi) is 5.15. The van der Waals surface area contributed by atoms with E-state index in [1.165, 1.54) is 24.1 Å². The summed E-state index contributed by atoms with van der Waals surface area (Å²) in [6.45, 7) is 0.338. The van der Waals surface area contributed by atoms with Crippen LogP contribution in [0.15, 0.2) is 41.2 Å². The lowest BCUT2D eigenvalue weighted by atomic mass is 10.1. The maximum absolute atomic E-state index is 12.7. The topological polar surface area (TPSA) is 89.3 Å². The van der Waals surface area contributed by atoms with Gasteiger partial charge in [-0.2, -0.15) is 5.10 Å². The molecule has 1 aliphatic heterocycles. The molecule has 0 N–H and O–H groups in total. The van der Waals surface area contributed by atoms with Gasteiger partial charge in [-0.1, -0.05) is 29.8 Å². The monoisotopic (exact) mass is 395 g/mol. The molecule has 0 unspecified atom stereocenters. The minimum atomic E-state index is -3.45. The highest BCUT2D eigenvalue weighted by Crippen LogP contribution is 2.33. The van der Waals surface area contributed by atoms with Crippen molar-refractivity contribution >= 4 is 27.3 Å². The van der Waals surface area contributed by atoms with Gasteiger partial charge in [0.25, 0.3) is 11.5 Å². The molecule has 0 radical (unpaired) electrons. The van der Waals surface area contributed by atoms with Crippen LogP contribution >= 0.6 is 11.6 Å². The molecule has 9 heteroatoms. The number of carbonyl (C=O) groups is 1. The Bertz CT molecular complexity index is 1000. The van der Waals surface area contributed by atoms with Gasteiger partial charge < -0.3 is 4.90 Å². The highest BCUT2D eigenvalue weighted by Gasteiger charge is 2.34. The fourth-order valence-electron chi connectivity index (χ4n) is 3.01. The maximum Gasteiger partial charge on any atom is 0.274 e. The van der Waals surface area contributed by atoms with Crippen molar-refractivity contribution in [1.29, 1.82) is 0 Å². The highest BCUT2D eigenvalue weighted by molar-refractivity contribution is 7.91. The molecule has 26 heavy (non-hydrogen) atoms. The lowest BCUT2D eigenvalue weighted by Gasteiger charge is -2.19. The summed E-state index contributed by atoms with van der Waals surface area (Å²) in [5.74, 6) is -0.545. The number of sulfone groups is 1. The number of nitrogens with zero attached hydrogens (tertiary/aromatic N) is 3. The van der Waals surface area contributed by atoms with Crippen LogP contribution in [0, 0.1) is 0 Å². The van der Waals surface area contributed by atoms with Crippen LogP contribution < -0.4 is 5.56 Å². The SMILES string of the molecule is Cn1nc(C(=O)N2CC[C@H](c3ccccc3Cl)S(=O)(=O)CC2)ccc1=O. The minimum Gasteiger partial charge on any atom is -0.336 e. The Balaban J connectivity index is 1.86. The summed E-state index contributed by atoms with van der Waals surface area (Å²) in [7, 11) is -2.00. The number of carbonyl (C=O) groups excluding carboxylic acids is 1. The molecule has 0 aliphatic carbocycles. The van der Waals surface area contributed by atoms with Crippen LogP contribution in [-0.2, 0) is 16.9 Å². The van der Waals surface area contributed by atoms with Gasteiger partial charge in [0.15, 0.2) is 9.84 Å². The number of aromatic nitrogens is 2. The zero-order chi connectivity index (χ0) is 18.9. The molecule has 1 atom stereocenters. The van der Waals surface area contributed by atoms with Crippen molar-refractivity contribution in [2.45, 2.75) is 11.7 Å². The Morgan fingerprint density at radius 1 is 1.19 bits per heavy atom. The van der Waals surface area contributed by atoms with Crippen LogP contribution in [0.3, 0.4) is 0 Å². The van der Waals surface area contributed by atoms with Crippen LogP contribution in [0.25, 0.3) is 0 Å². The first-order valence-electron chi connectivity index (χ1n) is 8.09. The van der Waals surface area contributed by atoms with E-state index in [1.54, 1.807) is 24.3 Å². The number of rotatable bonds is 2. The van der Waals surface area contributed by atoms with Crippen LogP contribution in [0.4, 0.5) is 0 Å². The molecule has 7 nitrogen and oxygen atoms in total. The van der Waals surface area contributed by atoms with Gasteiger partial charge in [0.2, 0.25) is 0 Å². The van der Waals surface area contributed by atoms with Crippen molar-refractivity contribution in [2.75, 3.05) is 18.8 Å². The number of amides is 1. The van der Waals surface area contributed by atoms with Gasteiger partial charge in [0, 0.05) is 31.2 Å². The Morgan fingerprint density at radius 2 is 1.92 bits per heavy atom. The van der Waals surface area contributed by atoms with Crippen molar-refractivity contribution in [3.8, 4) is 0 Å². The molecule has 1 amide bonds. The summed E-state index contributed by atoms with van der Waals surface area (Å²) >= 11 is 6.18. The van der Waals surface area contributed by atoms with Crippen molar-refractivity contribution in [1.82, 2.24) is 14.7 Å². The summed E-state index contributed by atoms with van der Waals surface area (Å²) in [6.07, 6.45) is 0.254. The smallest absolute Gasteiger partial charge is 0.274 e.